The summed E-state index contributed by atoms with van der Waals surface area (Å²) in [6.45, 7) is 5.91. The van der Waals surface area contributed by atoms with Gasteiger partial charge in [-0.3, -0.25) is 9.69 Å². The molecule has 2 saturated heterocycles. The van der Waals surface area contributed by atoms with E-state index < -0.39 is 6.23 Å². The summed E-state index contributed by atoms with van der Waals surface area (Å²) in [4.78, 5) is 33.1. The number of likely N-dealkylation sites (tertiary alicyclic amines) is 1. The van der Waals surface area contributed by atoms with Gasteiger partial charge >= 0.3 is 6.01 Å². The summed E-state index contributed by atoms with van der Waals surface area (Å²) >= 11 is 0. The number of carbonyl (C=O) groups is 1. The van der Waals surface area contributed by atoms with Gasteiger partial charge in [0, 0.05) is 76.2 Å². The van der Waals surface area contributed by atoms with E-state index in [1.807, 2.05) is 41.1 Å². The van der Waals surface area contributed by atoms with Crippen molar-refractivity contribution in [3.8, 4) is 17.5 Å². The molecule has 11 nitrogen and oxygen atoms in total. The van der Waals surface area contributed by atoms with E-state index in [0.29, 0.717) is 34.6 Å². The maximum Gasteiger partial charge on any atom is 0.324 e. The summed E-state index contributed by atoms with van der Waals surface area (Å²) in [5, 5.41) is 11.0. The van der Waals surface area contributed by atoms with Gasteiger partial charge in [-0.25, -0.2) is 4.98 Å². The Balaban J connectivity index is 1.16. The number of aliphatic hydroxyl groups is 1. The van der Waals surface area contributed by atoms with E-state index in [1.54, 1.807) is 43.5 Å². The Labute approximate surface area is 246 Å². The van der Waals surface area contributed by atoms with Gasteiger partial charge in [-0.1, -0.05) is 18.2 Å². The van der Waals surface area contributed by atoms with Gasteiger partial charge in [-0.05, 0) is 44.2 Å². The number of hydrogen-bond acceptors (Lipinski definition) is 10. The summed E-state index contributed by atoms with van der Waals surface area (Å²) in [5.74, 6) is 1.43. The van der Waals surface area contributed by atoms with Gasteiger partial charge in [0.2, 0.25) is 0 Å². The van der Waals surface area contributed by atoms with Crippen LogP contribution in [0.1, 0.15) is 35.0 Å². The number of benzene rings is 2. The van der Waals surface area contributed by atoms with Gasteiger partial charge in [0.15, 0.2) is 23.5 Å². The van der Waals surface area contributed by atoms with Crippen LogP contribution >= 0.6 is 0 Å². The van der Waals surface area contributed by atoms with Crippen LogP contribution in [-0.4, -0.2) is 109 Å². The lowest BCUT2D eigenvalue weighted by Gasteiger charge is -2.42. The molecular weight excluding hydrogens is 534 g/mol. The molecule has 0 spiro atoms. The van der Waals surface area contributed by atoms with Crippen molar-refractivity contribution in [2.45, 2.75) is 25.1 Å². The number of amides is 1. The third-order valence-electron chi connectivity index (χ3n) is 8.79. The molecule has 3 aliphatic heterocycles. The second kappa shape index (κ2) is 11.7. The number of rotatable bonds is 5. The Kier molecular flexibility index (Phi) is 7.89. The minimum atomic E-state index is -0.844. The number of anilines is 3. The molecule has 2 fully saturated rings. The highest BCUT2D eigenvalue weighted by atomic mass is 16.5. The summed E-state index contributed by atoms with van der Waals surface area (Å²) in [6, 6.07) is 13.6. The number of fused-ring (bicyclic) bond motifs is 2. The molecule has 3 aliphatic rings. The molecule has 42 heavy (non-hydrogen) atoms. The molecule has 0 aliphatic carbocycles. The van der Waals surface area contributed by atoms with Crippen molar-refractivity contribution >= 4 is 23.1 Å². The van der Waals surface area contributed by atoms with Crippen molar-refractivity contribution < 1.29 is 19.4 Å². The third kappa shape index (κ3) is 5.35. The lowest BCUT2D eigenvalue weighted by Crippen LogP contribution is -2.52. The fraction of sp³-hybridized carbons (Fsp3) is 0.452. The zero-order valence-electron chi connectivity index (χ0n) is 24.7. The molecular formula is C31H39N7O4. The second-order valence-corrected chi connectivity index (χ2v) is 11.3. The van der Waals surface area contributed by atoms with E-state index in [-0.39, 0.29) is 11.9 Å². The van der Waals surface area contributed by atoms with Crippen LogP contribution in [0.15, 0.2) is 48.7 Å². The van der Waals surface area contributed by atoms with E-state index in [4.69, 9.17) is 14.5 Å². The summed E-state index contributed by atoms with van der Waals surface area (Å²) < 4.78 is 11.7. The van der Waals surface area contributed by atoms with E-state index in [9.17, 15) is 9.90 Å². The minimum Gasteiger partial charge on any atom is -0.493 e. The lowest BCUT2D eigenvalue weighted by molar-refractivity contribution is 0.0518. The first-order valence-corrected chi connectivity index (χ1v) is 14.5. The van der Waals surface area contributed by atoms with Gasteiger partial charge < -0.3 is 34.2 Å². The zero-order valence-corrected chi connectivity index (χ0v) is 24.7. The van der Waals surface area contributed by atoms with Crippen LogP contribution in [0.5, 0.6) is 17.5 Å². The molecule has 1 amide bonds. The van der Waals surface area contributed by atoms with Crippen molar-refractivity contribution in [3.05, 3.63) is 59.8 Å². The highest BCUT2D eigenvalue weighted by Crippen LogP contribution is 2.42. The number of likely N-dealkylation sites (N-methyl/N-ethyl adjacent to an activating group) is 1. The molecule has 3 aromatic rings. The first kappa shape index (κ1) is 28.2. The van der Waals surface area contributed by atoms with Crippen molar-refractivity contribution in [1.29, 1.82) is 0 Å². The third-order valence-corrected chi connectivity index (χ3v) is 8.79. The van der Waals surface area contributed by atoms with Gasteiger partial charge in [0.05, 0.1) is 13.3 Å². The van der Waals surface area contributed by atoms with Crippen molar-refractivity contribution in [2.24, 2.45) is 0 Å². The van der Waals surface area contributed by atoms with E-state index in [1.165, 1.54) is 0 Å². The smallest absolute Gasteiger partial charge is 0.324 e. The molecule has 222 valence electrons. The fourth-order valence-corrected chi connectivity index (χ4v) is 6.15. The molecule has 1 aromatic heterocycles. The van der Waals surface area contributed by atoms with Crippen molar-refractivity contribution in [1.82, 2.24) is 24.7 Å². The first-order valence-electron chi connectivity index (χ1n) is 14.5. The van der Waals surface area contributed by atoms with Gasteiger partial charge in [0.25, 0.3) is 5.91 Å². The number of aromatic nitrogens is 2. The average molecular weight is 574 g/mol. The highest BCUT2D eigenvalue weighted by molar-refractivity contribution is 5.95. The maximum atomic E-state index is 13.4. The van der Waals surface area contributed by atoms with Crippen LogP contribution in [0.4, 0.5) is 17.2 Å². The first-order chi connectivity index (χ1) is 20.3. The fourth-order valence-electron chi connectivity index (χ4n) is 6.15. The van der Waals surface area contributed by atoms with Crippen LogP contribution in [-0.2, 0) is 0 Å². The zero-order chi connectivity index (χ0) is 29.4. The van der Waals surface area contributed by atoms with E-state index in [0.717, 1.165) is 63.4 Å². The van der Waals surface area contributed by atoms with Crippen LogP contribution < -0.4 is 19.3 Å². The number of methoxy groups -OCH3 is 1. The number of carbonyl (C=O) groups excluding carboxylic acids is 1. The van der Waals surface area contributed by atoms with Gasteiger partial charge in [0.1, 0.15) is 5.69 Å². The minimum absolute atomic E-state index is 0.000145. The predicted octanol–water partition coefficient (Wildman–Crippen LogP) is 3.34. The van der Waals surface area contributed by atoms with Gasteiger partial charge in [-0.15, -0.1) is 0 Å². The van der Waals surface area contributed by atoms with Crippen molar-refractivity contribution in [2.75, 3.05) is 77.3 Å². The topological polar surface area (TPSA) is 97.7 Å². The quantitative estimate of drug-likeness (QED) is 0.490. The Hall–Kier alpha value is -3.93. The number of para-hydroxylation sites is 1. The Bertz CT molecular complexity index is 1440. The molecule has 0 bridgehead atoms. The largest absolute Gasteiger partial charge is 0.493 e. The molecule has 1 atom stereocenters. The standard InChI is InChI=1S/C31H39N7O4/c1-34-15-17-37(18-16-34)22-11-13-38(14-12-22)29(39)21-9-10-26(27(19-21)41-4)42-31-32-20-25-28(33-31)35(2)24-8-6-5-7-23(24)30(40)36(25)3/h5-10,19-20,22,30,40H,11-18H2,1-4H3. The van der Waals surface area contributed by atoms with Crippen LogP contribution in [0.3, 0.4) is 0 Å². The van der Waals surface area contributed by atoms with E-state index in [2.05, 4.69) is 21.8 Å². The summed E-state index contributed by atoms with van der Waals surface area (Å²) in [5.41, 5.74) is 2.84. The number of hydrogen-bond donors (Lipinski definition) is 1. The Morgan fingerprint density at radius 3 is 2.40 bits per heavy atom. The predicted molar refractivity (Wildman–Crippen MR) is 161 cm³/mol. The number of ether oxygens (including phenoxy) is 2. The Morgan fingerprint density at radius 1 is 0.929 bits per heavy atom. The molecule has 1 unspecified atom stereocenters. The van der Waals surface area contributed by atoms with Crippen LogP contribution in [0.25, 0.3) is 0 Å². The SMILES string of the molecule is COc1cc(C(=O)N2CCC(N3CCN(C)CC3)CC2)ccc1Oc1ncc2c(n1)N(C)c1ccccc1C(O)N2C. The molecule has 0 radical (unpaired) electrons. The highest BCUT2D eigenvalue weighted by Gasteiger charge is 2.31. The molecule has 4 heterocycles. The normalized spacial score (nSPS) is 20.1. The average Bonchev–Trinajstić information content (AvgIpc) is 3.10. The Morgan fingerprint density at radius 2 is 1.67 bits per heavy atom. The summed E-state index contributed by atoms with van der Waals surface area (Å²) in [7, 11) is 7.43. The van der Waals surface area contributed by atoms with Crippen molar-refractivity contribution in [3.63, 3.8) is 0 Å². The van der Waals surface area contributed by atoms with Gasteiger partial charge in [-0.2, -0.15) is 4.98 Å². The lowest BCUT2D eigenvalue weighted by atomic mass is 10.0. The van der Waals surface area contributed by atoms with Crippen LogP contribution in [0.2, 0.25) is 0 Å². The molecule has 11 heteroatoms. The summed E-state index contributed by atoms with van der Waals surface area (Å²) in [6.07, 6.45) is 2.78. The molecule has 1 N–H and O–H groups in total. The number of piperidine rings is 1. The molecule has 0 saturated carbocycles. The monoisotopic (exact) mass is 573 g/mol. The van der Waals surface area contributed by atoms with E-state index >= 15 is 0 Å². The number of piperazine rings is 1. The molecule has 6 rings (SSSR count). The maximum absolute atomic E-state index is 13.4. The van der Waals surface area contributed by atoms with Crippen LogP contribution in [0, 0.1) is 0 Å². The molecule has 2 aromatic carbocycles. The second-order valence-electron chi connectivity index (χ2n) is 11.3. The number of aliphatic hydroxyl groups excluding tert-OH is 1. The number of nitrogens with zero attached hydrogens (tertiary/aromatic N) is 7.